The van der Waals surface area contributed by atoms with Gasteiger partial charge >= 0.3 is 0 Å². The summed E-state index contributed by atoms with van der Waals surface area (Å²) in [6.45, 7) is 1.92. The van der Waals surface area contributed by atoms with E-state index in [2.05, 4.69) is 4.72 Å². The van der Waals surface area contributed by atoms with Crippen molar-refractivity contribution in [3.05, 3.63) is 59.4 Å². The Morgan fingerprint density at radius 1 is 1.20 bits per heavy atom. The summed E-state index contributed by atoms with van der Waals surface area (Å²) in [7, 11) is -3.96. The van der Waals surface area contributed by atoms with Gasteiger partial charge in [-0.1, -0.05) is 24.3 Å². The van der Waals surface area contributed by atoms with Gasteiger partial charge < -0.3 is 5.73 Å². The highest BCUT2D eigenvalue weighted by atomic mass is 32.2. The van der Waals surface area contributed by atoms with Crippen molar-refractivity contribution in [3.8, 4) is 0 Å². The minimum atomic E-state index is -3.96. The van der Waals surface area contributed by atoms with Crippen LogP contribution in [0.2, 0.25) is 0 Å². The van der Waals surface area contributed by atoms with Crippen molar-refractivity contribution in [2.24, 2.45) is 5.73 Å². The third kappa shape index (κ3) is 2.97. The third-order valence-electron chi connectivity index (χ3n) is 2.91. The van der Waals surface area contributed by atoms with Crippen molar-refractivity contribution in [2.45, 2.75) is 18.4 Å². The summed E-state index contributed by atoms with van der Waals surface area (Å²) in [5.74, 6) is -0.811. The van der Waals surface area contributed by atoms with Gasteiger partial charge in [-0.15, -0.1) is 0 Å². The van der Waals surface area contributed by atoms with E-state index in [-0.39, 0.29) is 6.54 Å². The molecule has 20 heavy (non-hydrogen) atoms. The molecule has 0 aliphatic heterocycles. The molecule has 0 saturated carbocycles. The smallest absolute Gasteiger partial charge is 0.264 e. The summed E-state index contributed by atoms with van der Waals surface area (Å²) >= 11 is 0. The Morgan fingerprint density at radius 3 is 2.50 bits per heavy atom. The van der Waals surface area contributed by atoms with E-state index in [1.165, 1.54) is 12.1 Å². The molecule has 0 fully saturated rings. The molecule has 6 heteroatoms. The van der Waals surface area contributed by atoms with Gasteiger partial charge in [-0.3, -0.25) is 4.72 Å². The summed E-state index contributed by atoms with van der Waals surface area (Å²) in [6, 6.07) is 10.7. The van der Waals surface area contributed by atoms with Crippen LogP contribution in [0.25, 0.3) is 0 Å². The Hall–Kier alpha value is -1.92. The molecule has 0 spiro atoms. The van der Waals surface area contributed by atoms with Crippen molar-refractivity contribution >= 4 is 15.7 Å². The zero-order chi connectivity index (χ0) is 14.8. The molecular formula is C14H15FN2O2S. The molecule has 4 nitrogen and oxygen atoms in total. The monoisotopic (exact) mass is 294 g/mol. The van der Waals surface area contributed by atoms with Crippen LogP contribution in [0.3, 0.4) is 0 Å². The van der Waals surface area contributed by atoms with E-state index in [0.29, 0.717) is 11.3 Å². The number of aryl methyl sites for hydroxylation is 1. The fraction of sp³-hybridized carbons (Fsp3) is 0.143. The molecule has 0 aromatic heterocycles. The topological polar surface area (TPSA) is 72.2 Å². The van der Waals surface area contributed by atoms with Gasteiger partial charge in [-0.2, -0.15) is 0 Å². The van der Waals surface area contributed by atoms with Gasteiger partial charge in [0.25, 0.3) is 10.0 Å². The van der Waals surface area contributed by atoms with Gasteiger partial charge in [0.1, 0.15) is 10.7 Å². The second kappa shape index (κ2) is 5.60. The van der Waals surface area contributed by atoms with Gasteiger partial charge in [-0.25, -0.2) is 12.8 Å². The van der Waals surface area contributed by atoms with Crippen LogP contribution in [-0.4, -0.2) is 8.42 Å². The van der Waals surface area contributed by atoms with Gasteiger partial charge in [0.2, 0.25) is 0 Å². The zero-order valence-electron chi connectivity index (χ0n) is 10.9. The summed E-state index contributed by atoms with van der Waals surface area (Å²) in [4.78, 5) is -0.391. The minimum Gasteiger partial charge on any atom is -0.326 e. The molecular weight excluding hydrogens is 279 g/mol. The molecule has 0 aliphatic rings. The first-order valence-electron chi connectivity index (χ1n) is 6.01. The van der Waals surface area contributed by atoms with Crippen LogP contribution in [0, 0.1) is 12.7 Å². The number of nitrogens with one attached hydrogen (secondary N) is 1. The lowest BCUT2D eigenvalue weighted by molar-refractivity contribution is 0.569. The fourth-order valence-corrected chi connectivity index (χ4v) is 2.97. The number of para-hydroxylation sites is 1. The number of hydrogen-bond donors (Lipinski definition) is 2. The average Bonchev–Trinajstić information content (AvgIpc) is 2.40. The Labute approximate surface area is 117 Å². The third-order valence-corrected chi connectivity index (χ3v) is 4.31. The highest BCUT2D eigenvalue weighted by Crippen LogP contribution is 2.21. The van der Waals surface area contributed by atoms with E-state index >= 15 is 0 Å². The molecule has 0 saturated heterocycles. The Kier molecular flexibility index (Phi) is 4.06. The number of rotatable bonds is 4. The maximum atomic E-state index is 13.9. The molecule has 0 heterocycles. The summed E-state index contributed by atoms with van der Waals surface area (Å²) in [5, 5.41) is 0. The first-order valence-corrected chi connectivity index (χ1v) is 7.49. The predicted molar refractivity (Wildman–Crippen MR) is 76.3 cm³/mol. The quantitative estimate of drug-likeness (QED) is 0.909. The van der Waals surface area contributed by atoms with E-state index in [4.69, 9.17) is 5.73 Å². The fourth-order valence-electron chi connectivity index (χ4n) is 1.78. The molecule has 2 aromatic rings. The van der Waals surface area contributed by atoms with Crippen molar-refractivity contribution in [2.75, 3.05) is 4.72 Å². The van der Waals surface area contributed by atoms with Crippen LogP contribution in [0.4, 0.5) is 10.1 Å². The van der Waals surface area contributed by atoms with Crippen molar-refractivity contribution < 1.29 is 12.8 Å². The van der Waals surface area contributed by atoms with Gasteiger partial charge in [0.15, 0.2) is 0 Å². The SMILES string of the molecule is Cc1ccccc1NS(=O)(=O)c1ccc(CN)cc1F. The normalized spacial score (nSPS) is 11.3. The summed E-state index contributed by atoms with van der Waals surface area (Å²) < 4.78 is 40.6. The summed E-state index contributed by atoms with van der Waals surface area (Å²) in [6.07, 6.45) is 0. The maximum Gasteiger partial charge on any atom is 0.264 e. The molecule has 0 aliphatic carbocycles. The zero-order valence-corrected chi connectivity index (χ0v) is 11.7. The number of sulfonamides is 1. The van der Waals surface area contributed by atoms with E-state index in [1.54, 1.807) is 31.2 Å². The van der Waals surface area contributed by atoms with Crippen molar-refractivity contribution in [1.29, 1.82) is 0 Å². The molecule has 0 radical (unpaired) electrons. The van der Waals surface area contributed by atoms with Crippen LogP contribution in [0.1, 0.15) is 11.1 Å². The Morgan fingerprint density at radius 2 is 1.90 bits per heavy atom. The molecule has 106 valence electrons. The second-order valence-corrected chi connectivity index (χ2v) is 6.04. The van der Waals surface area contributed by atoms with Crippen LogP contribution in [0.5, 0.6) is 0 Å². The average molecular weight is 294 g/mol. The van der Waals surface area contributed by atoms with Crippen LogP contribution >= 0.6 is 0 Å². The summed E-state index contributed by atoms with van der Waals surface area (Å²) in [5.41, 5.74) is 7.11. The number of halogens is 1. The number of nitrogens with two attached hydrogens (primary N) is 1. The van der Waals surface area contributed by atoms with Crippen LogP contribution in [-0.2, 0) is 16.6 Å². The van der Waals surface area contributed by atoms with Crippen LogP contribution in [0.15, 0.2) is 47.4 Å². The Balaban J connectivity index is 2.39. The maximum absolute atomic E-state index is 13.9. The highest BCUT2D eigenvalue weighted by Gasteiger charge is 2.19. The van der Waals surface area contributed by atoms with Gasteiger partial charge in [0, 0.05) is 6.54 Å². The highest BCUT2D eigenvalue weighted by molar-refractivity contribution is 7.92. The predicted octanol–water partition coefficient (Wildman–Crippen LogP) is 2.39. The lowest BCUT2D eigenvalue weighted by atomic mass is 10.2. The van der Waals surface area contributed by atoms with Crippen LogP contribution < -0.4 is 10.5 Å². The second-order valence-electron chi connectivity index (χ2n) is 4.39. The molecule has 2 rings (SSSR count). The standard InChI is InChI=1S/C14H15FN2O2S/c1-10-4-2-3-5-13(10)17-20(18,19)14-7-6-11(9-16)8-12(14)15/h2-8,17H,9,16H2,1H3. The molecule has 0 amide bonds. The largest absolute Gasteiger partial charge is 0.326 e. The first-order chi connectivity index (χ1) is 9.44. The Bertz CT molecular complexity index is 730. The molecule has 0 atom stereocenters. The lowest BCUT2D eigenvalue weighted by Crippen LogP contribution is -2.15. The molecule has 0 bridgehead atoms. The van der Waals surface area contributed by atoms with E-state index in [1.807, 2.05) is 0 Å². The van der Waals surface area contributed by atoms with E-state index in [9.17, 15) is 12.8 Å². The van der Waals surface area contributed by atoms with Gasteiger partial charge in [0.05, 0.1) is 5.69 Å². The molecule has 0 unspecified atom stereocenters. The molecule has 2 aromatic carbocycles. The number of benzene rings is 2. The minimum absolute atomic E-state index is 0.155. The lowest BCUT2D eigenvalue weighted by Gasteiger charge is -2.11. The number of anilines is 1. The van der Waals surface area contributed by atoms with E-state index in [0.717, 1.165) is 11.6 Å². The van der Waals surface area contributed by atoms with E-state index < -0.39 is 20.7 Å². The first kappa shape index (κ1) is 14.5. The number of hydrogen-bond acceptors (Lipinski definition) is 3. The van der Waals surface area contributed by atoms with Crippen molar-refractivity contribution in [1.82, 2.24) is 0 Å². The van der Waals surface area contributed by atoms with Gasteiger partial charge in [-0.05, 0) is 36.2 Å². The molecule has 3 N–H and O–H groups in total. The van der Waals surface area contributed by atoms with Crippen molar-refractivity contribution in [3.63, 3.8) is 0 Å².